The summed E-state index contributed by atoms with van der Waals surface area (Å²) >= 11 is 0. The predicted octanol–water partition coefficient (Wildman–Crippen LogP) is 2.55. The molecule has 0 aliphatic heterocycles. The molecule has 0 aromatic heterocycles. The molecule has 3 heteroatoms. The van der Waals surface area contributed by atoms with E-state index in [2.05, 4.69) is 25.2 Å². The summed E-state index contributed by atoms with van der Waals surface area (Å²) in [6.45, 7) is 9.78. The number of benzene rings is 1. The minimum Gasteiger partial charge on any atom is -0.491 e. The Bertz CT molecular complexity index is 361. The first-order valence-corrected chi connectivity index (χ1v) is 6.60. The second-order valence-electron chi connectivity index (χ2n) is 5.29. The van der Waals surface area contributed by atoms with Crippen LogP contribution in [0.25, 0.3) is 0 Å². The summed E-state index contributed by atoms with van der Waals surface area (Å²) in [6, 6.07) is 8.04. The number of hydrogen-bond donors (Lipinski definition) is 2. The highest BCUT2D eigenvalue weighted by atomic mass is 16.5. The molecule has 1 atom stereocenters. The van der Waals surface area contributed by atoms with Gasteiger partial charge in [0.15, 0.2) is 0 Å². The lowest BCUT2D eigenvalue weighted by Crippen LogP contribution is -2.42. The Kier molecular flexibility index (Phi) is 5.63. The Morgan fingerprint density at radius 2 is 2.11 bits per heavy atom. The van der Waals surface area contributed by atoms with E-state index in [0.717, 1.165) is 12.3 Å². The molecule has 1 rings (SSSR count). The van der Waals surface area contributed by atoms with E-state index in [1.165, 1.54) is 5.56 Å². The summed E-state index contributed by atoms with van der Waals surface area (Å²) in [4.78, 5) is 0. The second kappa shape index (κ2) is 6.76. The highest BCUT2D eigenvalue weighted by Crippen LogP contribution is 2.20. The highest BCUT2D eigenvalue weighted by Gasteiger charge is 2.20. The summed E-state index contributed by atoms with van der Waals surface area (Å²) < 4.78 is 5.67. The van der Waals surface area contributed by atoms with Crippen LogP contribution in [0.3, 0.4) is 0 Å². The molecular formula is C15H25NO2. The molecule has 0 saturated heterocycles. The minimum absolute atomic E-state index is 0.293. The van der Waals surface area contributed by atoms with Crippen LogP contribution in [0.1, 0.15) is 39.2 Å². The van der Waals surface area contributed by atoms with Gasteiger partial charge in [0.05, 0.1) is 0 Å². The van der Waals surface area contributed by atoms with Crippen molar-refractivity contribution in [1.29, 1.82) is 0 Å². The van der Waals surface area contributed by atoms with Gasteiger partial charge in [-0.05, 0) is 37.1 Å². The molecule has 0 amide bonds. The first-order chi connectivity index (χ1) is 8.44. The molecule has 0 fully saturated rings. The van der Waals surface area contributed by atoms with Crippen LogP contribution in [0, 0.1) is 0 Å². The molecule has 0 aliphatic carbocycles. The Balaban J connectivity index is 2.55. The monoisotopic (exact) mass is 251 g/mol. The molecule has 0 aliphatic rings. The van der Waals surface area contributed by atoms with Gasteiger partial charge in [-0.2, -0.15) is 0 Å². The Morgan fingerprint density at radius 3 is 2.72 bits per heavy atom. The third-order valence-electron chi connectivity index (χ3n) is 2.83. The first kappa shape index (κ1) is 15.0. The Labute approximate surface area is 110 Å². The van der Waals surface area contributed by atoms with E-state index in [0.29, 0.717) is 19.1 Å². The van der Waals surface area contributed by atoms with Gasteiger partial charge in [0.1, 0.15) is 18.0 Å². The molecule has 0 radical (unpaired) electrons. The van der Waals surface area contributed by atoms with Gasteiger partial charge in [0, 0.05) is 6.54 Å². The largest absolute Gasteiger partial charge is 0.491 e. The number of aliphatic hydroxyl groups is 1. The van der Waals surface area contributed by atoms with Crippen molar-refractivity contribution < 1.29 is 9.84 Å². The fourth-order valence-corrected chi connectivity index (χ4v) is 1.65. The van der Waals surface area contributed by atoms with Gasteiger partial charge in [-0.1, -0.05) is 32.9 Å². The van der Waals surface area contributed by atoms with Crippen LogP contribution in [-0.2, 0) is 0 Å². The number of rotatable bonds is 7. The third kappa shape index (κ3) is 5.07. The van der Waals surface area contributed by atoms with Gasteiger partial charge in [0.25, 0.3) is 0 Å². The van der Waals surface area contributed by atoms with E-state index >= 15 is 0 Å². The highest BCUT2D eigenvalue weighted by molar-refractivity contribution is 5.30. The summed E-state index contributed by atoms with van der Waals surface area (Å²) in [5.74, 6) is 1.30. The van der Waals surface area contributed by atoms with Crippen LogP contribution < -0.4 is 10.1 Å². The van der Waals surface area contributed by atoms with Crippen LogP contribution >= 0.6 is 0 Å². The first-order valence-electron chi connectivity index (χ1n) is 6.60. The maximum Gasteiger partial charge on any atom is 0.119 e. The number of hydrogen-bond acceptors (Lipinski definition) is 3. The Hall–Kier alpha value is -1.06. The van der Waals surface area contributed by atoms with Crippen LogP contribution in [0.2, 0.25) is 0 Å². The smallest absolute Gasteiger partial charge is 0.119 e. The predicted molar refractivity (Wildman–Crippen MR) is 75.2 cm³/mol. The van der Waals surface area contributed by atoms with Crippen molar-refractivity contribution in [2.75, 3.05) is 19.7 Å². The van der Waals surface area contributed by atoms with E-state index in [4.69, 9.17) is 4.74 Å². The van der Waals surface area contributed by atoms with Crippen molar-refractivity contribution in [3.63, 3.8) is 0 Å². The van der Waals surface area contributed by atoms with Crippen LogP contribution in [0.5, 0.6) is 5.75 Å². The number of ether oxygens (including phenoxy) is 1. The van der Waals surface area contributed by atoms with Crippen LogP contribution in [-0.4, -0.2) is 30.4 Å². The third-order valence-corrected chi connectivity index (χ3v) is 2.83. The number of nitrogens with one attached hydrogen (secondary N) is 1. The zero-order valence-corrected chi connectivity index (χ0v) is 11.9. The lowest BCUT2D eigenvalue weighted by atomic mass is 10.0. The molecule has 18 heavy (non-hydrogen) atoms. The summed E-state index contributed by atoms with van der Waals surface area (Å²) in [5.41, 5.74) is 0.406. The van der Waals surface area contributed by atoms with Crippen molar-refractivity contribution in [2.24, 2.45) is 0 Å². The van der Waals surface area contributed by atoms with E-state index in [1.807, 2.05) is 25.1 Å². The van der Waals surface area contributed by atoms with E-state index in [1.54, 1.807) is 6.92 Å². The van der Waals surface area contributed by atoms with E-state index in [9.17, 15) is 5.11 Å². The van der Waals surface area contributed by atoms with Gasteiger partial charge >= 0.3 is 0 Å². The zero-order valence-electron chi connectivity index (χ0n) is 11.9. The van der Waals surface area contributed by atoms with Gasteiger partial charge in [-0.15, -0.1) is 0 Å². The molecule has 102 valence electrons. The molecule has 0 saturated carbocycles. The van der Waals surface area contributed by atoms with Crippen molar-refractivity contribution in [1.82, 2.24) is 5.32 Å². The van der Waals surface area contributed by atoms with Gasteiger partial charge in [0.2, 0.25) is 0 Å². The van der Waals surface area contributed by atoms with Crippen LogP contribution in [0.4, 0.5) is 0 Å². The molecule has 1 aromatic rings. The van der Waals surface area contributed by atoms with E-state index < -0.39 is 5.60 Å². The fourth-order valence-electron chi connectivity index (χ4n) is 1.65. The molecule has 1 aromatic carbocycles. The van der Waals surface area contributed by atoms with Gasteiger partial charge < -0.3 is 15.2 Å². The fraction of sp³-hybridized carbons (Fsp3) is 0.600. The average Bonchev–Trinajstić information content (AvgIpc) is 2.34. The topological polar surface area (TPSA) is 41.5 Å². The van der Waals surface area contributed by atoms with Crippen molar-refractivity contribution in [2.45, 2.75) is 39.2 Å². The maximum absolute atomic E-state index is 10.1. The van der Waals surface area contributed by atoms with Crippen molar-refractivity contribution in [3.05, 3.63) is 29.8 Å². The minimum atomic E-state index is -0.843. The molecule has 3 nitrogen and oxygen atoms in total. The standard InChI is InChI=1S/C15H25NO2/c1-5-16-10-15(4,17)11-18-14-8-6-7-13(9-14)12(2)3/h6-9,12,16-17H,5,10-11H2,1-4H3. The quantitative estimate of drug-likeness (QED) is 0.782. The molecule has 0 heterocycles. The molecular weight excluding hydrogens is 226 g/mol. The van der Waals surface area contributed by atoms with Crippen LogP contribution in [0.15, 0.2) is 24.3 Å². The zero-order chi connectivity index (χ0) is 13.6. The molecule has 0 bridgehead atoms. The summed E-state index contributed by atoms with van der Waals surface area (Å²) in [6.07, 6.45) is 0. The van der Waals surface area contributed by atoms with E-state index in [-0.39, 0.29) is 0 Å². The van der Waals surface area contributed by atoms with Crippen molar-refractivity contribution in [3.8, 4) is 5.75 Å². The van der Waals surface area contributed by atoms with Crippen molar-refractivity contribution >= 4 is 0 Å². The lowest BCUT2D eigenvalue weighted by Gasteiger charge is -2.24. The maximum atomic E-state index is 10.1. The molecule has 1 unspecified atom stereocenters. The summed E-state index contributed by atoms with van der Waals surface area (Å²) in [5, 5.41) is 13.2. The van der Waals surface area contributed by atoms with Gasteiger partial charge in [-0.25, -0.2) is 0 Å². The second-order valence-corrected chi connectivity index (χ2v) is 5.29. The number of likely N-dealkylation sites (N-methyl/N-ethyl adjacent to an activating group) is 1. The average molecular weight is 251 g/mol. The molecule has 0 spiro atoms. The molecule has 2 N–H and O–H groups in total. The van der Waals surface area contributed by atoms with Gasteiger partial charge in [-0.3, -0.25) is 0 Å². The lowest BCUT2D eigenvalue weighted by molar-refractivity contribution is 0.0127. The SMILES string of the molecule is CCNCC(C)(O)COc1cccc(C(C)C)c1. The normalized spacial score (nSPS) is 14.6. The Morgan fingerprint density at radius 1 is 1.39 bits per heavy atom. The summed E-state index contributed by atoms with van der Waals surface area (Å²) in [7, 11) is 0.